The standard InChI is InChI=1S/C25H22F3N3O2S/c1-4-34(32,33)22-13-19(17-9-11-20(12-10-17)25(26,27)28)14-29-23(22)24-30-15-21(31(24)3)18-7-5-16(2)6-8-18/h5-15H,4H2,1-3H3. The van der Waals surface area contributed by atoms with E-state index in [1.165, 1.54) is 31.3 Å². The summed E-state index contributed by atoms with van der Waals surface area (Å²) in [5, 5.41) is 0. The van der Waals surface area contributed by atoms with Gasteiger partial charge in [-0.25, -0.2) is 13.4 Å². The Bertz CT molecular complexity index is 1440. The van der Waals surface area contributed by atoms with Gasteiger partial charge in [0.15, 0.2) is 15.7 Å². The van der Waals surface area contributed by atoms with Crippen molar-refractivity contribution < 1.29 is 21.6 Å². The molecular formula is C25H22F3N3O2S. The monoisotopic (exact) mass is 485 g/mol. The van der Waals surface area contributed by atoms with E-state index in [9.17, 15) is 21.6 Å². The molecule has 0 N–H and O–H groups in total. The molecule has 0 bridgehead atoms. The lowest BCUT2D eigenvalue weighted by Gasteiger charge is -2.13. The fraction of sp³-hybridized carbons (Fsp3) is 0.200. The van der Waals surface area contributed by atoms with Crippen LogP contribution in [0, 0.1) is 6.92 Å². The lowest BCUT2D eigenvalue weighted by atomic mass is 10.0. The van der Waals surface area contributed by atoms with Crippen LogP contribution in [0.2, 0.25) is 0 Å². The number of hydrogen-bond donors (Lipinski definition) is 0. The number of nitrogens with zero attached hydrogens (tertiary/aromatic N) is 3. The molecule has 0 aliphatic heterocycles. The summed E-state index contributed by atoms with van der Waals surface area (Å²) in [6.07, 6.45) is -1.34. The lowest BCUT2D eigenvalue weighted by molar-refractivity contribution is -0.137. The van der Waals surface area contributed by atoms with Crippen molar-refractivity contribution in [3.8, 4) is 33.9 Å². The summed E-state index contributed by atoms with van der Waals surface area (Å²) in [7, 11) is -1.93. The van der Waals surface area contributed by atoms with E-state index in [4.69, 9.17) is 0 Å². The van der Waals surface area contributed by atoms with E-state index in [-0.39, 0.29) is 16.3 Å². The number of imidazole rings is 1. The van der Waals surface area contributed by atoms with E-state index in [0.29, 0.717) is 17.0 Å². The first-order valence-corrected chi connectivity index (χ1v) is 12.2. The van der Waals surface area contributed by atoms with Gasteiger partial charge in [-0.05, 0) is 36.2 Å². The molecule has 2 aromatic heterocycles. The molecule has 5 nitrogen and oxygen atoms in total. The van der Waals surface area contributed by atoms with Crippen LogP contribution in [0.1, 0.15) is 18.1 Å². The highest BCUT2D eigenvalue weighted by Gasteiger charge is 2.30. The van der Waals surface area contributed by atoms with Crippen molar-refractivity contribution in [2.24, 2.45) is 7.05 Å². The SMILES string of the molecule is CCS(=O)(=O)c1cc(-c2ccc(C(F)(F)F)cc2)cnc1-c1ncc(-c2ccc(C)cc2)n1C. The van der Waals surface area contributed by atoms with Gasteiger partial charge in [0.05, 0.1) is 28.1 Å². The van der Waals surface area contributed by atoms with E-state index in [1.54, 1.807) is 17.8 Å². The molecule has 0 spiro atoms. The average molecular weight is 486 g/mol. The zero-order chi connectivity index (χ0) is 24.7. The van der Waals surface area contributed by atoms with Gasteiger partial charge in [0.1, 0.15) is 5.69 Å². The second-order valence-corrected chi connectivity index (χ2v) is 10.2. The van der Waals surface area contributed by atoms with E-state index in [2.05, 4.69) is 9.97 Å². The van der Waals surface area contributed by atoms with Crippen molar-refractivity contribution >= 4 is 9.84 Å². The van der Waals surface area contributed by atoms with Gasteiger partial charge in [-0.1, -0.05) is 48.9 Å². The van der Waals surface area contributed by atoms with Crippen molar-refractivity contribution in [3.05, 3.63) is 78.1 Å². The minimum Gasteiger partial charge on any atom is -0.326 e. The highest BCUT2D eigenvalue weighted by Crippen LogP contribution is 2.34. The molecule has 0 aliphatic rings. The number of sulfone groups is 1. The summed E-state index contributed by atoms with van der Waals surface area (Å²) in [5.74, 6) is 0.217. The number of aromatic nitrogens is 3. The second kappa shape index (κ2) is 8.72. The predicted molar refractivity (Wildman–Crippen MR) is 125 cm³/mol. The Labute approximate surface area is 195 Å². The van der Waals surface area contributed by atoms with Gasteiger partial charge in [-0.2, -0.15) is 13.2 Å². The van der Waals surface area contributed by atoms with Crippen LogP contribution in [0.25, 0.3) is 33.9 Å². The van der Waals surface area contributed by atoms with Crippen LogP contribution < -0.4 is 0 Å². The van der Waals surface area contributed by atoms with Crippen LogP contribution >= 0.6 is 0 Å². The minimum atomic E-state index is -4.45. The van der Waals surface area contributed by atoms with E-state index >= 15 is 0 Å². The van der Waals surface area contributed by atoms with Gasteiger partial charge in [0.25, 0.3) is 0 Å². The molecule has 0 saturated carbocycles. The molecule has 0 amide bonds. The summed E-state index contributed by atoms with van der Waals surface area (Å²) in [5.41, 5.74) is 3.08. The molecule has 0 atom stereocenters. The first kappa shape index (κ1) is 23.7. The summed E-state index contributed by atoms with van der Waals surface area (Å²) >= 11 is 0. The minimum absolute atomic E-state index is 0.0171. The fourth-order valence-corrected chi connectivity index (χ4v) is 4.69. The molecule has 34 heavy (non-hydrogen) atoms. The van der Waals surface area contributed by atoms with Crippen LogP contribution in [0.15, 0.2) is 71.9 Å². The van der Waals surface area contributed by atoms with Crippen LogP contribution in [0.3, 0.4) is 0 Å². The molecule has 2 aromatic carbocycles. The number of alkyl halides is 3. The van der Waals surface area contributed by atoms with Gasteiger partial charge in [0, 0.05) is 18.8 Å². The number of hydrogen-bond acceptors (Lipinski definition) is 4. The Balaban J connectivity index is 1.83. The molecular weight excluding hydrogens is 463 g/mol. The maximum absolute atomic E-state index is 13.0. The Morgan fingerprint density at radius 1 is 0.882 bits per heavy atom. The third kappa shape index (κ3) is 4.48. The zero-order valence-corrected chi connectivity index (χ0v) is 19.6. The summed E-state index contributed by atoms with van der Waals surface area (Å²) in [6.45, 7) is 3.52. The number of aryl methyl sites for hydroxylation is 1. The fourth-order valence-electron chi connectivity index (χ4n) is 3.64. The largest absolute Gasteiger partial charge is 0.416 e. The Kier molecular flexibility index (Phi) is 6.07. The topological polar surface area (TPSA) is 64.8 Å². The molecule has 0 saturated heterocycles. The van der Waals surface area contributed by atoms with Crippen LogP contribution in [0.5, 0.6) is 0 Å². The van der Waals surface area contributed by atoms with Gasteiger partial charge in [0.2, 0.25) is 0 Å². The van der Waals surface area contributed by atoms with Crippen molar-refractivity contribution in [1.29, 1.82) is 0 Å². The number of benzene rings is 2. The van der Waals surface area contributed by atoms with Gasteiger partial charge in [-0.3, -0.25) is 4.98 Å². The average Bonchev–Trinajstić information content (AvgIpc) is 3.19. The normalized spacial score (nSPS) is 12.2. The number of pyridine rings is 1. The lowest BCUT2D eigenvalue weighted by Crippen LogP contribution is -2.09. The third-order valence-corrected chi connectivity index (χ3v) is 7.40. The third-order valence-electron chi connectivity index (χ3n) is 5.66. The maximum Gasteiger partial charge on any atom is 0.416 e. The van der Waals surface area contributed by atoms with Gasteiger partial charge >= 0.3 is 6.18 Å². The highest BCUT2D eigenvalue weighted by molar-refractivity contribution is 7.91. The Morgan fingerprint density at radius 3 is 2.09 bits per heavy atom. The Morgan fingerprint density at radius 2 is 1.50 bits per heavy atom. The molecule has 4 rings (SSSR count). The van der Waals surface area contributed by atoms with E-state index < -0.39 is 21.6 Å². The molecule has 4 aromatic rings. The maximum atomic E-state index is 13.0. The predicted octanol–water partition coefficient (Wildman–Crippen LogP) is 5.94. The van der Waals surface area contributed by atoms with Crippen molar-refractivity contribution in [2.45, 2.75) is 24.9 Å². The summed E-state index contributed by atoms with van der Waals surface area (Å²) < 4.78 is 66.4. The highest BCUT2D eigenvalue weighted by atomic mass is 32.2. The summed E-state index contributed by atoms with van der Waals surface area (Å²) in [6, 6.07) is 13.9. The van der Waals surface area contributed by atoms with Crippen LogP contribution in [-0.2, 0) is 23.1 Å². The van der Waals surface area contributed by atoms with E-state index in [0.717, 1.165) is 29.0 Å². The molecule has 176 valence electrons. The molecule has 9 heteroatoms. The van der Waals surface area contributed by atoms with E-state index in [1.807, 2.05) is 31.2 Å². The molecule has 0 aliphatic carbocycles. The van der Waals surface area contributed by atoms with Crippen LogP contribution in [-0.4, -0.2) is 28.7 Å². The first-order chi connectivity index (χ1) is 16.0. The van der Waals surface area contributed by atoms with Gasteiger partial charge < -0.3 is 4.57 Å². The molecule has 0 radical (unpaired) electrons. The van der Waals surface area contributed by atoms with Crippen molar-refractivity contribution in [2.75, 3.05) is 5.75 Å². The zero-order valence-electron chi connectivity index (χ0n) is 18.8. The quantitative estimate of drug-likeness (QED) is 0.351. The smallest absolute Gasteiger partial charge is 0.326 e. The van der Waals surface area contributed by atoms with Crippen molar-refractivity contribution in [3.63, 3.8) is 0 Å². The van der Waals surface area contributed by atoms with Gasteiger partial charge in [-0.15, -0.1) is 0 Å². The molecule has 0 fully saturated rings. The number of halogens is 3. The molecule has 0 unspecified atom stereocenters. The first-order valence-electron chi connectivity index (χ1n) is 10.5. The Hall–Kier alpha value is -3.46. The summed E-state index contributed by atoms with van der Waals surface area (Å²) in [4.78, 5) is 8.84. The molecule has 2 heterocycles. The second-order valence-electron chi connectivity index (χ2n) is 7.94. The number of rotatable bonds is 5. The van der Waals surface area contributed by atoms with Crippen molar-refractivity contribution in [1.82, 2.24) is 14.5 Å². The van der Waals surface area contributed by atoms with Crippen LogP contribution in [0.4, 0.5) is 13.2 Å².